The molecule has 0 spiro atoms. The lowest BCUT2D eigenvalue weighted by molar-refractivity contribution is -0.161. The molecule has 3 atom stereocenters. The fourth-order valence-corrected chi connectivity index (χ4v) is 6.30. The second-order valence-corrected chi connectivity index (χ2v) is 9.38. The fourth-order valence-electron chi connectivity index (χ4n) is 6.30. The van der Waals surface area contributed by atoms with Crippen LogP contribution in [0.1, 0.15) is 38.5 Å². The molecule has 4 saturated carbocycles. The summed E-state index contributed by atoms with van der Waals surface area (Å²) < 4.78 is 38.2. The average Bonchev–Trinajstić information content (AvgIpc) is 3.15. The van der Waals surface area contributed by atoms with Gasteiger partial charge in [0.1, 0.15) is 18.0 Å². The van der Waals surface area contributed by atoms with Crippen LogP contribution >= 0.6 is 0 Å². The number of hydrogen-bond donors (Lipinski definition) is 1. The van der Waals surface area contributed by atoms with E-state index < -0.39 is 29.2 Å². The molecule has 5 aliphatic rings. The molecule has 9 heteroatoms. The first kappa shape index (κ1) is 19.5. The number of amides is 2. The Morgan fingerprint density at radius 3 is 2.60 bits per heavy atom. The normalized spacial score (nSPS) is 36.7. The van der Waals surface area contributed by atoms with Crippen molar-refractivity contribution in [3.63, 3.8) is 0 Å². The Hall–Kier alpha value is -2.45. The first-order chi connectivity index (χ1) is 14.3. The van der Waals surface area contributed by atoms with E-state index in [2.05, 4.69) is 4.98 Å². The highest BCUT2D eigenvalue weighted by atomic mass is 19.1. The highest BCUT2D eigenvalue weighted by Crippen LogP contribution is 2.60. The number of nitrogens with two attached hydrogens (primary N) is 1. The quantitative estimate of drug-likeness (QED) is 0.807. The number of halogens is 2. The molecule has 6 rings (SSSR count). The van der Waals surface area contributed by atoms with Gasteiger partial charge >= 0.3 is 6.09 Å². The van der Waals surface area contributed by atoms with Crippen molar-refractivity contribution in [2.24, 2.45) is 28.9 Å². The Bertz CT molecular complexity index is 866. The number of aromatic nitrogens is 1. The summed E-state index contributed by atoms with van der Waals surface area (Å²) >= 11 is 0. The van der Waals surface area contributed by atoms with Crippen molar-refractivity contribution >= 4 is 12.0 Å². The van der Waals surface area contributed by atoms with E-state index in [9.17, 15) is 18.4 Å². The van der Waals surface area contributed by atoms with Crippen LogP contribution in [0.4, 0.5) is 13.6 Å². The second kappa shape index (κ2) is 7.06. The van der Waals surface area contributed by atoms with E-state index in [1.807, 2.05) is 0 Å². The molecule has 2 N–H and O–H groups in total. The third-order valence-electron chi connectivity index (χ3n) is 7.40. The van der Waals surface area contributed by atoms with Crippen LogP contribution in [0.3, 0.4) is 0 Å². The van der Waals surface area contributed by atoms with Gasteiger partial charge in [-0.2, -0.15) is 0 Å². The molecule has 1 aromatic heterocycles. The molecule has 1 aromatic rings. The Balaban J connectivity index is 1.19. The SMILES string of the molecule is NC(=O)C12CC3CC(C1)C(OC(=O)N1CCC(Oc4ncc(F)cc4F)C1)C(C3)C2. The van der Waals surface area contributed by atoms with Gasteiger partial charge in [0, 0.05) is 19.0 Å². The molecule has 4 bridgehead atoms. The first-order valence-electron chi connectivity index (χ1n) is 10.6. The molecule has 4 aliphatic carbocycles. The van der Waals surface area contributed by atoms with Gasteiger partial charge in [-0.05, 0) is 49.9 Å². The van der Waals surface area contributed by atoms with Gasteiger partial charge in [0.25, 0.3) is 5.88 Å². The number of hydrogen-bond acceptors (Lipinski definition) is 5. The lowest BCUT2D eigenvalue weighted by Gasteiger charge is -2.58. The number of carbonyl (C=O) groups excluding carboxylic acids is 2. The molecule has 1 saturated heterocycles. The number of primary amides is 1. The van der Waals surface area contributed by atoms with Gasteiger partial charge in [-0.25, -0.2) is 18.6 Å². The summed E-state index contributed by atoms with van der Waals surface area (Å²) in [5.41, 5.74) is 5.30. The van der Waals surface area contributed by atoms with E-state index in [-0.39, 0.29) is 36.3 Å². The van der Waals surface area contributed by atoms with Crippen LogP contribution in [-0.4, -0.2) is 47.2 Å². The standard InChI is InChI=1S/C21H25F2N3O4/c22-14-5-16(23)18(25-9-14)29-15-1-2-26(10-15)20(28)30-17-12-3-11-4-13(17)8-21(6-11,7-12)19(24)27/h5,9,11-13,15,17H,1-4,6-8,10H2,(H2,24,27). The summed E-state index contributed by atoms with van der Waals surface area (Å²) in [4.78, 5) is 30.0. The van der Waals surface area contributed by atoms with E-state index in [1.165, 1.54) is 0 Å². The number of ether oxygens (including phenoxy) is 2. The second-order valence-electron chi connectivity index (χ2n) is 9.38. The summed E-state index contributed by atoms with van der Waals surface area (Å²) in [6.07, 6.45) is 4.62. The summed E-state index contributed by atoms with van der Waals surface area (Å²) in [5.74, 6) is -1.27. The van der Waals surface area contributed by atoms with Gasteiger partial charge in [-0.3, -0.25) is 4.79 Å². The molecule has 1 aliphatic heterocycles. The zero-order valence-electron chi connectivity index (χ0n) is 16.6. The monoisotopic (exact) mass is 421 g/mol. The van der Waals surface area contributed by atoms with Crippen LogP contribution in [0, 0.1) is 34.8 Å². The van der Waals surface area contributed by atoms with E-state index in [1.54, 1.807) is 4.90 Å². The van der Waals surface area contributed by atoms with Crippen LogP contribution in [0.5, 0.6) is 5.88 Å². The van der Waals surface area contributed by atoms with Crippen molar-refractivity contribution in [1.82, 2.24) is 9.88 Å². The predicted molar refractivity (Wildman–Crippen MR) is 100 cm³/mol. The van der Waals surface area contributed by atoms with Crippen LogP contribution in [0.25, 0.3) is 0 Å². The Morgan fingerprint density at radius 2 is 1.93 bits per heavy atom. The molecule has 5 fully saturated rings. The van der Waals surface area contributed by atoms with E-state index in [0.29, 0.717) is 37.8 Å². The minimum absolute atomic E-state index is 0.180. The van der Waals surface area contributed by atoms with Crippen LogP contribution in [0.15, 0.2) is 12.3 Å². The molecule has 0 aromatic carbocycles. The van der Waals surface area contributed by atoms with E-state index in [0.717, 1.165) is 25.5 Å². The number of carbonyl (C=O) groups is 2. The molecule has 30 heavy (non-hydrogen) atoms. The summed E-state index contributed by atoms with van der Waals surface area (Å²) in [7, 11) is 0. The molecular weight excluding hydrogens is 396 g/mol. The smallest absolute Gasteiger partial charge is 0.410 e. The predicted octanol–water partition coefficient (Wildman–Crippen LogP) is 2.63. The lowest BCUT2D eigenvalue weighted by Crippen LogP contribution is -2.59. The Morgan fingerprint density at radius 1 is 1.20 bits per heavy atom. The molecule has 3 unspecified atom stereocenters. The third-order valence-corrected chi connectivity index (χ3v) is 7.40. The number of nitrogens with zero attached hydrogens (tertiary/aromatic N) is 2. The van der Waals surface area contributed by atoms with E-state index in [4.69, 9.17) is 15.2 Å². The minimum atomic E-state index is -0.868. The highest BCUT2D eigenvalue weighted by molar-refractivity contribution is 5.81. The van der Waals surface area contributed by atoms with Crippen molar-refractivity contribution in [1.29, 1.82) is 0 Å². The molecule has 2 amide bonds. The Kier molecular flexibility index (Phi) is 4.59. The van der Waals surface area contributed by atoms with Gasteiger partial charge in [0.2, 0.25) is 5.91 Å². The van der Waals surface area contributed by atoms with Crippen LogP contribution in [0.2, 0.25) is 0 Å². The van der Waals surface area contributed by atoms with Gasteiger partial charge in [-0.15, -0.1) is 0 Å². The molecule has 7 nitrogen and oxygen atoms in total. The van der Waals surface area contributed by atoms with Crippen molar-refractivity contribution < 1.29 is 27.8 Å². The van der Waals surface area contributed by atoms with Gasteiger partial charge in [-0.1, -0.05) is 0 Å². The fraction of sp³-hybridized carbons (Fsp3) is 0.667. The molecule has 0 radical (unpaired) electrons. The van der Waals surface area contributed by atoms with Crippen molar-refractivity contribution in [2.75, 3.05) is 13.1 Å². The van der Waals surface area contributed by atoms with Crippen molar-refractivity contribution in [3.05, 3.63) is 23.9 Å². The van der Waals surface area contributed by atoms with Crippen molar-refractivity contribution in [3.8, 4) is 5.88 Å². The lowest BCUT2D eigenvalue weighted by atomic mass is 9.48. The summed E-state index contributed by atoms with van der Waals surface area (Å²) in [5, 5.41) is 0. The highest BCUT2D eigenvalue weighted by Gasteiger charge is 2.59. The van der Waals surface area contributed by atoms with Gasteiger partial charge in [0.15, 0.2) is 5.82 Å². The maximum atomic E-state index is 13.8. The topological polar surface area (TPSA) is 94.8 Å². The maximum absolute atomic E-state index is 13.8. The van der Waals surface area contributed by atoms with Crippen molar-refractivity contribution in [2.45, 2.75) is 50.7 Å². The Labute approximate surface area is 172 Å². The summed E-state index contributed by atoms with van der Waals surface area (Å²) in [6.45, 7) is 0.690. The first-order valence-corrected chi connectivity index (χ1v) is 10.6. The zero-order chi connectivity index (χ0) is 21.0. The zero-order valence-corrected chi connectivity index (χ0v) is 16.6. The molecule has 162 valence electrons. The number of likely N-dealkylation sites (tertiary alicyclic amines) is 1. The summed E-state index contributed by atoms with van der Waals surface area (Å²) in [6, 6.07) is 0.717. The molecule has 2 heterocycles. The molecular formula is C21H25F2N3O4. The number of pyridine rings is 1. The van der Waals surface area contributed by atoms with Gasteiger partial charge in [0.05, 0.1) is 18.2 Å². The third kappa shape index (κ3) is 3.28. The average molecular weight is 421 g/mol. The maximum Gasteiger partial charge on any atom is 0.410 e. The van der Waals surface area contributed by atoms with Crippen LogP contribution in [-0.2, 0) is 9.53 Å². The van der Waals surface area contributed by atoms with Crippen LogP contribution < -0.4 is 10.5 Å². The van der Waals surface area contributed by atoms with E-state index >= 15 is 0 Å². The largest absolute Gasteiger partial charge is 0.470 e. The van der Waals surface area contributed by atoms with Gasteiger partial charge < -0.3 is 20.1 Å². The number of rotatable bonds is 4. The minimum Gasteiger partial charge on any atom is -0.470 e.